The molecule has 132 valence electrons. The molecule has 0 saturated heterocycles. The van der Waals surface area contributed by atoms with E-state index < -0.39 is 0 Å². The van der Waals surface area contributed by atoms with Crippen molar-refractivity contribution in [2.24, 2.45) is 5.73 Å². The predicted octanol–water partition coefficient (Wildman–Crippen LogP) is 2.87. The summed E-state index contributed by atoms with van der Waals surface area (Å²) in [6.45, 7) is 9.91. The Morgan fingerprint density at radius 3 is 2.67 bits per heavy atom. The Morgan fingerprint density at radius 2 is 1.83 bits per heavy atom. The summed E-state index contributed by atoms with van der Waals surface area (Å²) in [5.41, 5.74) is 8.47. The minimum atomic E-state index is 0.786. The van der Waals surface area contributed by atoms with Crippen molar-refractivity contribution in [3.8, 4) is 0 Å². The van der Waals surface area contributed by atoms with Crippen LogP contribution in [0.4, 0.5) is 0 Å². The number of hydrogen-bond donors (Lipinski definition) is 2. The zero-order valence-corrected chi connectivity index (χ0v) is 15.1. The average Bonchev–Trinajstić information content (AvgIpc) is 2.76. The Bertz CT molecular complexity index is 646. The highest BCUT2D eigenvalue weighted by molar-refractivity contribution is 5.88. The van der Waals surface area contributed by atoms with E-state index in [4.69, 9.17) is 5.73 Å². The molecule has 0 amide bonds. The molecule has 0 saturated carbocycles. The van der Waals surface area contributed by atoms with Gasteiger partial charge in [-0.05, 0) is 58.8 Å². The molecule has 4 nitrogen and oxygen atoms in total. The van der Waals surface area contributed by atoms with Crippen LogP contribution < -0.4 is 11.1 Å². The zero-order chi connectivity index (χ0) is 16.8. The summed E-state index contributed by atoms with van der Waals surface area (Å²) in [7, 11) is 0. The molecule has 2 aromatic rings. The van der Waals surface area contributed by atoms with Crippen molar-refractivity contribution in [2.45, 2.75) is 45.7 Å². The Labute approximate surface area is 146 Å². The van der Waals surface area contributed by atoms with Gasteiger partial charge in [-0.25, -0.2) is 0 Å². The van der Waals surface area contributed by atoms with Crippen LogP contribution in [0.5, 0.6) is 0 Å². The second kappa shape index (κ2) is 8.65. The van der Waals surface area contributed by atoms with Crippen molar-refractivity contribution >= 4 is 10.8 Å². The Hall–Kier alpha value is -1.36. The summed E-state index contributed by atoms with van der Waals surface area (Å²) in [6, 6.07) is 8.89. The molecule has 0 unspecified atom stereocenters. The van der Waals surface area contributed by atoms with E-state index >= 15 is 0 Å². The Balaban J connectivity index is 1.56. The van der Waals surface area contributed by atoms with E-state index in [0.29, 0.717) is 0 Å². The molecule has 1 aliphatic rings. The maximum atomic E-state index is 5.51. The van der Waals surface area contributed by atoms with Crippen molar-refractivity contribution in [2.75, 3.05) is 32.7 Å². The molecule has 2 heterocycles. The van der Waals surface area contributed by atoms with Gasteiger partial charge < -0.3 is 15.6 Å². The monoisotopic (exact) mass is 328 g/mol. The zero-order valence-electron chi connectivity index (χ0n) is 15.1. The topological polar surface area (TPSA) is 46.2 Å². The van der Waals surface area contributed by atoms with Gasteiger partial charge in [-0.1, -0.05) is 24.3 Å². The maximum Gasteiger partial charge on any atom is 0.0398 e. The lowest BCUT2D eigenvalue weighted by Crippen LogP contribution is -2.26. The van der Waals surface area contributed by atoms with Crippen molar-refractivity contribution in [1.29, 1.82) is 0 Å². The fourth-order valence-electron chi connectivity index (χ4n) is 3.89. The highest BCUT2D eigenvalue weighted by atomic mass is 15.2. The minimum absolute atomic E-state index is 0.786. The summed E-state index contributed by atoms with van der Waals surface area (Å²) in [4.78, 5) is 2.64. The first-order valence-electron chi connectivity index (χ1n) is 9.51. The van der Waals surface area contributed by atoms with Crippen molar-refractivity contribution < 1.29 is 0 Å². The number of nitrogens with one attached hydrogen (secondary N) is 1. The summed E-state index contributed by atoms with van der Waals surface area (Å²) < 4.78 is 2.55. The number of fused-ring (bicyclic) bond motifs is 3. The minimum Gasteiger partial charge on any atom is -0.346 e. The number of hydrogen-bond acceptors (Lipinski definition) is 3. The van der Waals surface area contributed by atoms with Gasteiger partial charge in [-0.2, -0.15) is 0 Å². The third kappa shape index (κ3) is 4.00. The number of rotatable bonds is 8. The molecule has 0 bridgehead atoms. The van der Waals surface area contributed by atoms with Gasteiger partial charge in [0.05, 0.1) is 0 Å². The average molecular weight is 329 g/mol. The number of nitrogens with two attached hydrogens (primary N) is 1. The molecule has 24 heavy (non-hydrogen) atoms. The Morgan fingerprint density at radius 1 is 1.04 bits per heavy atom. The molecule has 0 aliphatic carbocycles. The molecule has 0 spiro atoms. The first kappa shape index (κ1) is 17.5. The van der Waals surface area contributed by atoms with Gasteiger partial charge in [0.2, 0.25) is 0 Å². The van der Waals surface area contributed by atoms with E-state index in [1.165, 1.54) is 54.5 Å². The smallest absolute Gasteiger partial charge is 0.0398 e. The van der Waals surface area contributed by atoms with Gasteiger partial charge in [0.1, 0.15) is 0 Å². The highest BCUT2D eigenvalue weighted by Crippen LogP contribution is 2.28. The van der Waals surface area contributed by atoms with Crippen LogP contribution in [0.1, 0.15) is 37.1 Å². The van der Waals surface area contributed by atoms with Gasteiger partial charge in [0.15, 0.2) is 0 Å². The molecule has 0 atom stereocenters. The van der Waals surface area contributed by atoms with Gasteiger partial charge in [0.25, 0.3) is 0 Å². The van der Waals surface area contributed by atoms with Crippen LogP contribution in [0.25, 0.3) is 10.8 Å². The predicted molar refractivity (Wildman–Crippen MR) is 102 cm³/mol. The van der Waals surface area contributed by atoms with Gasteiger partial charge >= 0.3 is 0 Å². The van der Waals surface area contributed by atoms with Crippen molar-refractivity contribution in [1.82, 2.24) is 14.8 Å². The second-order valence-corrected chi connectivity index (χ2v) is 6.96. The van der Waals surface area contributed by atoms with Crippen LogP contribution in [0.2, 0.25) is 0 Å². The molecule has 1 aromatic carbocycles. The molecule has 3 rings (SSSR count). The fraction of sp³-hybridized carbons (Fsp3) is 0.600. The largest absolute Gasteiger partial charge is 0.346 e. The van der Waals surface area contributed by atoms with E-state index in [1.807, 2.05) is 0 Å². The van der Waals surface area contributed by atoms with Gasteiger partial charge in [-0.15, -0.1) is 0 Å². The molecule has 3 N–H and O–H groups in total. The van der Waals surface area contributed by atoms with E-state index in [2.05, 4.69) is 46.0 Å². The van der Waals surface area contributed by atoms with E-state index in [0.717, 1.165) is 39.1 Å². The number of unbranched alkanes of at least 4 members (excludes halogenated alkanes) is 1. The normalized spacial score (nSPS) is 15.6. The number of nitrogens with zero attached hydrogens (tertiary/aromatic N) is 2. The summed E-state index contributed by atoms with van der Waals surface area (Å²) in [5.74, 6) is 0. The number of aromatic nitrogens is 1. The van der Waals surface area contributed by atoms with E-state index in [1.54, 1.807) is 0 Å². The quantitative estimate of drug-likeness (QED) is 0.733. The third-order valence-corrected chi connectivity index (χ3v) is 5.22. The Kier molecular flexibility index (Phi) is 6.30. The fourth-order valence-corrected chi connectivity index (χ4v) is 3.89. The lowest BCUT2D eigenvalue weighted by Gasteiger charge is -2.20. The molecule has 0 fully saturated rings. The summed E-state index contributed by atoms with van der Waals surface area (Å²) in [6.07, 6.45) is 4.86. The molecular weight excluding hydrogens is 296 g/mol. The van der Waals surface area contributed by atoms with Gasteiger partial charge in [0, 0.05) is 41.8 Å². The molecular formula is C20H32N4. The highest BCUT2D eigenvalue weighted by Gasteiger charge is 2.19. The summed E-state index contributed by atoms with van der Waals surface area (Å²) in [5, 5.41) is 6.36. The van der Waals surface area contributed by atoms with Crippen LogP contribution >= 0.6 is 0 Å². The van der Waals surface area contributed by atoms with Crippen LogP contribution in [0.15, 0.2) is 24.3 Å². The molecule has 1 aliphatic heterocycles. The van der Waals surface area contributed by atoms with Crippen molar-refractivity contribution in [3.63, 3.8) is 0 Å². The first-order valence-corrected chi connectivity index (χ1v) is 9.51. The first-order chi connectivity index (χ1) is 11.8. The lowest BCUT2D eigenvalue weighted by molar-refractivity contribution is 0.264. The molecule has 1 aromatic heterocycles. The maximum absolute atomic E-state index is 5.51. The second-order valence-electron chi connectivity index (χ2n) is 6.96. The molecule has 0 radical (unpaired) electrons. The SMILES string of the molecule is Cc1c2ccccc2c2n1CCCN(CCCCNCCCN)C2. The van der Waals surface area contributed by atoms with Crippen LogP contribution in [-0.4, -0.2) is 42.2 Å². The van der Waals surface area contributed by atoms with E-state index in [-0.39, 0.29) is 0 Å². The third-order valence-electron chi connectivity index (χ3n) is 5.22. The standard InChI is InChI=1S/C20H32N4/c1-17-18-8-2-3-9-19(18)20-16-23(14-7-15-24(17)20)13-5-4-11-22-12-6-10-21/h2-3,8-9,22H,4-7,10-16,21H2,1H3. The van der Waals surface area contributed by atoms with Gasteiger partial charge in [-0.3, -0.25) is 4.90 Å². The summed E-state index contributed by atoms with van der Waals surface area (Å²) >= 11 is 0. The van der Waals surface area contributed by atoms with Crippen LogP contribution in [0, 0.1) is 6.92 Å². The van der Waals surface area contributed by atoms with Crippen molar-refractivity contribution in [3.05, 3.63) is 35.7 Å². The number of benzene rings is 1. The van der Waals surface area contributed by atoms with E-state index in [9.17, 15) is 0 Å². The van der Waals surface area contributed by atoms with Crippen LogP contribution in [-0.2, 0) is 13.1 Å². The van der Waals surface area contributed by atoms with Crippen LogP contribution in [0.3, 0.4) is 0 Å². The molecule has 4 heteroatoms. The number of aryl methyl sites for hydroxylation is 1. The lowest BCUT2D eigenvalue weighted by atomic mass is 10.1.